The highest BCUT2D eigenvalue weighted by atomic mass is 16.3. The van der Waals surface area contributed by atoms with Crippen LogP contribution in [0.15, 0.2) is 150 Å². The lowest BCUT2D eigenvalue weighted by Gasteiger charge is -2.10. The van der Waals surface area contributed by atoms with E-state index in [0.717, 1.165) is 54.6 Å². The molecule has 210 valence electrons. The van der Waals surface area contributed by atoms with Crippen LogP contribution in [0, 0.1) is 0 Å². The van der Waals surface area contributed by atoms with Crippen LogP contribution in [0.1, 0.15) is 0 Å². The number of fused-ring (bicyclic) bond motifs is 5. The standard InChI is InChI=1S/C40H24N4O/c1-3-9-25(10-4-1)30-17-15-26-16-18-31(22-32(26)21-30)38-42-37(27-11-5-2-6-12-27)43-39(44-38)33-19-20-41-40-36(33)34-23-28-13-7-8-14-29(28)24-35(34)45-40/h1-24H. The molecular weight excluding hydrogens is 552 g/mol. The molecule has 0 aliphatic rings. The van der Waals surface area contributed by atoms with Gasteiger partial charge >= 0.3 is 0 Å². The molecule has 9 aromatic rings. The average molecular weight is 577 g/mol. The second-order valence-electron chi connectivity index (χ2n) is 11.2. The van der Waals surface area contributed by atoms with Gasteiger partial charge < -0.3 is 4.42 Å². The minimum absolute atomic E-state index is 0.556. The first-order chi connectivity index (χ1) is 22.3. The second kappa shape index (κ2) is 10.2. The highest BCUT2D eigenvalue weighted by Gasteiger charge is 2.19. The largest absolute Gasteiger partial charge is 0.438 e. The summed E-state index contributed by atoms with van der Waals surface area (Å²) in [6, 6.07) is 47.9. The van der Waals surface area contributed by atoms with Crippen molar-refractivity contribution >= 4 is 43.6 Å². The molecule has 0 saturated carbocycles. The van der Waals surface area contributed by atoms with Gasteiger partial charge in [0.1, 0.15) is 5.58 Å². The average Bonchev–Trinajstić information content (AvgIpc) is 3.48. The number of nitrogens with zero attached hydrogens (tertiary/aromatic N) is 4. The van der Waals surface area contributed by atoms with E-state index in [0.29, 0.717) is 23.2 Å². The maximum absolute atomic E-state index is 6.27. The predicted octanol–water partition coefficient (Wildman–Crippen LogP) is 10.1. The summed E-state index contributed by atoms with van der Waals surface area (Å²) in [5.41, 5.74) is 6.37. The molecule has 0 amide bonds. The van der Waals surface area contributed by atoms with E-state index in [2.05, 4.69) is 89.9 Å². The van der Waals surface area contributed by atoms with Crippen LogP contribution in [0.5, 0.6) is 0 Å². The minimum Gasteiger partial charge on any atom is -0.438 e. The first-order valence-corrected chi connectivity index (χ1v) is 14.9. The molecule has 3 aromatic heterocycles. The molecule has 9 rings (SSSR count). The summed E-state index contributed by atoms with van der Waals surface area (Å²) in [6.45, 7) is 0. The third-order valence-electron chi connectivity index (χ3n) is 8.35. The molecule has 0 N–H and O–H groups in total. The zero-order valence-corrected chi connectivity index (χ0v) is 24.1. The van der Waals surface area contributed by atoms with E-state index >= 15 is 0 Å². The summed E-state index contributed by atoms with van der Waals surface area (Å²) in [6.07, 6.45) is 1.76. The Balaban J connectivity index is 1.26. The summed E-state index contributed by atoms with van der Waals surface area (Å²) in [5.74, 6) is 1.78. The Morgan fingerprint density at radius 1 is 0.422 bits per heavy atom. The molecule has 0 saturated heterocycles. The van der Waals surface area contributed by atoms with E-state index in [1.54, 1.807) is 6.20 Å². The Bertz CT molecular complexity index is 2540. The number of hydrogen-bond donors (Lipinski definition) is 0. The van der Waals surface area contributed by atoms with Crippen LogP contribution >= 0.6 is 0 Å². The first kappa shape index (κ1) is 25.3. The van der Waals surface area contributed by atoms with Gasteiger partial charge in [-0.1, -0.05) is 109 Å². The van der Waals surface area contributed by atoms with E-state index < -0.39 is 0 Å². The van der Waals surface area contributed by atoms with Crippen molar-refractivity contribution in [3.63, 3.8) is 0 Å². The number of aromatic nitrogens is 4. The number of furan rings is 1. The topological polar surface area (TPSA) is 64.7 Å². The lowest BCUT2D eigenvalue weighted by molar-refractivity contribution is 0.654. The minimum atomic E-state index is 0.556. The molecule has 0 bridgehead atoms. The van der Waals surface area contributed by atoms with Crippen molar-refractivity contribution in [1.82, 2.24) is 19.9 Å². The molecule has 0 aliphatic heterocycles. The zero-order chi connectivity index (χ0) is 29.7. The Morgan fingerprint density at radius 2 is 1.04 bits per heavy atom. The smallest absolute Gasteiger partial charge is 0.228 e. The lowest BCUT2D eigenvalue weighted by atomic mass is 9.99. The van der Waals surface area contributed by atoms with Crippen molar-refractivity contribution in [2.24, 2.45) is 0 Å². The fourth-order valence-corrected chi connectivity index (χ4v) is 6.11. The van der Waals surface area contributed by atoms with E-state index in [9.17, 15) is 0 Å². The third kappa shape index (κ3) is 4.41. The maximum atomic E-state index is 6.27. The highest BCUT2D eigenvalue weighted by molar-refractivity contribution is 6.14. The summed E-state index contributed by atoms with van der Waals surface area (Å²) >= 11 is 0. The molecule has 0 radical (unpaired) electrons. The number of pyridine rings is 1. The van der Waals surface area contributed by atoms with Crippen LogP contribution in [0.3, 0.4) is 0 Å². The highest BCUT2D eigenvalue weighted by Crippen LogP contribution is 2.37. The van der Waals surface area contributed by atoms with Crippen molar-refractivity contribution in [2.45, 2.75) is 0 Å². The van der Waals surface area contributed by atoms with Crippen LogP contribution in [0.25, 0.3) is 88.9 Å². The monoisotopic (exact) mass is 576 g/mol. The predicted molar refractivity (Wildman–Crippen MR) is 182 cm³/mol. The van der Waals surface area contributed by atoms with Crippen LogP contribution in [-0.2, 0) is 0 Å². The van der Waals surface area contributed by atoms with Crippen LogP contribution in [0.2, 0.25) is 0 Å². The fraction of sp³-hybridized carbons (Fsp3) is 0. The van der Waals surface area contributed by atoms with Gasteiger partial charge in [-0.15, -0.1) is 0 Å². The Morgan fingerprint density at radius 3 is 1.82 bits per heavy atom. The van der Waals surface area contributed by atoms with E-state index in [-0.39, 0.29) is 0 Å². The van der Waals surface area contributed by atoms with E-state index in [4.69, 9.17) is 19.4 Å². The van der Waals surface area contributed by atoms with E-state index in [1.807, 2.05) is 54.6 Å². The maximum Gasteiger partial charge on any atom is 0.228 e. The quantitative estimate of drug-likeness (QED) is 0.209. The normalized spacial score (nSPS) is 11.6. The van der Waals surface area contributed by atoms with Gasteiger partial charge in [0.25, 0.3) is 0 Å². The molecule has 5 heteroatoms. The summed E-state index contributed by atoms with van der Waals surface area (Å²) < 4.78 is 6.27. The molecule has 3 heterocycles. The van der Waals surface area contributed by atoms with Crippen LogP contribution < -0.4 is 0 Å². The number of rotatable bonds is 4. The van der Waals surface area contributed by atoms with Crippen molar-refractivity contribution in [3.8, 4) is 45.3 Å². The van der Waals surface area contributed by atoms with Gasteiger partial charge in [0, 0.05) is 28.3 Å². The molecular formula is C40H24N4O. The molecule has 5 nitrogen and oxygen atoms in total. The van der Waals surface area contributed by atoms with Crippen molar-refractivity contribution in [1.29, 1.82) is 0 Å². The summed E-state index contributed by atoms with van der Waals surface area (Å²) in [5, 5.41) is 6.40. The molecule has 0 unspecified atom stereocenters. The third-order valence-corrected chi connectivity index (χ3v) is 8.35. The van der Waals surface area contributed by atoms with Crippen molar-refractivity contribution in [2.75, 3.05) is 0 Å². The van der Waals surface area contributed by atoms with Gasteiger partial charge in [0.05, 0.1) is 5.39 Å². The van der Waals surface area contributed by atoms with Crippen LogP contribution in [-0.4, -0.2) is 19.9 Å². The Labute approximate surface area is 258 Å². The van der Waals surface area contributed by atoms with Crippen molar-refractivity contribution < 1.29 is 4.42 Å². The Hall–Kier alpha value is -6.20. The van der Waals surface area contributed by atoms with Crippen LogP contribution in [0.4, 0.5) is 0 Å². The molecule has 0 atom stereocenters. The first-order valence-electron chi connectivity index (χ1n) is 14.9. The van der Waals surface area contributed by atoms with Gasteiger partial charge in [-0.25, -0.2) is 19.9 Å². The summed E-state index contributed by atoms with van der Waals surface area (Å²) in [4.78, 5) is 19.7. The van der Waals surface area contributed by atoms with E-state index in [1.165, 1.54) is 11.1 Å². The molecule has 0 spiro atoms. The van der Waals surface area contributed by atoms with Crippen molar-refractivity contribution in [3.05, 3.63) is 146 Å². The van der Waals surface area contributed by atoms with Gasteiger partial charge in [0.2, 0.25) is 5.71 Å². The second-order valence-corrected chi connectivity index (χ2v) is 11.2. The number of benzene rings is 6. The molecule has 45 heavy (non-hydrogen) atoms. The molecule has 6 aromatic carbocycles. The summed E-state index contributed by atoms with van der Waals surface area (Å²) in [7, 11) is 0. The van der Waals surface area contributed by atoms with Gasteiger partial charge in [-0.05, 0) is 63.0 Å². The molecule has 0 aliphatic carbocycles. The fourth-order valence-electron chi connectivity index (χ4n) is 6.11. The van der Waals surface area contributed by atoms with Gasteiger partial charge in [-0.2, -0.15) is 0 Å². The van der Waals surface area contributed by atoms with Gasteiger partial charge in [-0.3, -0.25) is 0 Å². The molecule has 0 fully saturated rings. The van der Waals surface area contributed by atoms with Gasteiger partial charge in [0.15, 0.2) is 17.5 Å². The SMILES string of the molecule is c1ccc(-c2ccc3ccc(-c4nc(-c5ccccc5)nc(-c5ccnc6oc7cc8ccccc8cc7c56)n4)cc3c2)cc1. The lowest BCUT2D eigenvalue weighted by Crippen LogP contribution is -2.00. The number of hydrogen-bond acceptors (Lipinski definition) is 5. The zero-order valence-electron chi connectivity index (χ0n) is 24.1. The Kier molecular flexibility index (Phi) is 5.74.